The second kappa shape index (κ2) is 9.93. The van der Waals surface area contributed by atoms with Gasteiger partial charge in [0.15, 0.2) is 0 Å². The van der Waals surface area contributed by atoms with Crippen molar-refractivity contribution in [2.75, 3.05) is 38.1 Å². The number of hydrogen-bond donors (Lipinski definition) is 1. The van der Waals surface area contributed by atoms with Crippen LogP contribution in [-0.4, -0.2) is 50.1 Å². The average molecular weight is 348 g/mol. The number of rotatable bonds is 4. The number of carbonyl (C=O) groups excluding carboxylic acids is 1. The third-order valence-electron chi connectivity index (χ3n) is 3.88. The van der Waals surface area contributed by atoms with Crippen LogP contribution >= 0.6 is 24.8 Å². The van der Waals surface area contributed by atoms with E-state index in [-0.39, 0.29) is 36.8 Å². The van der Waals surface area contributed by atoms with E-state index >= 15 is 0 Å². The van der Waals surface area contributed by atoms with Gasteiger partial charge in [0.2, 0.25) is 0 Å². The van der Waals surface area contributed by atoms with Crippen LogP contribution < -0.4 is 10.2 Å². The molecule has 0 spiro atoms. The summed E-state index contributed by atoms with van der Waals surface area (Å²) in [6, 6.07) is 8.22. The molecule has 1 heterocycles. The highest BCUT2D eigenvalue weighted by Gasteiger charge is 2.23. The fourth-order valence-corrected chi connectivity index (χ4v) is 2.63. The summed E-state index contributed by atoms with van der Waals surface area (Å²) in [5.41, 5.74) is 1.95. The summed E-state index contributed by atoms with van der Waals surface area (Å²) in [6.07, 6.45) is 1.12. The number of benzene rings is 1. The Morgan fingerprint density at radius 2 is 1.95 bits per heavy atom. The van der Waals surface area contributed by atoms with E-state index in [4.69, 9.17) is 0 Å². The number of nitrogens with one attached hydrogen (secondary N) is 1. The molecule has 0 bridgehead atoms. The van der Waals surface area contributed by atoms with Gasteiger partial charge in [-0.1, -0.05) is 6.92 Å². The van der Waals surface area contributed by atoms with Crippen molar-refractivity contribution in [3.63, 3.8) is 0 Å². The largest absolute Gasteiger partial charge is 0.375 e. The molecular weight excluding hydrogens is 321 g/mol. The van der Waals surface area contributed by atoms with Gasteiger partial charge in [0.05, 0.1) is 0 Å². The van der Waals surface area contributed by atoms with Crippen LogP contribution in [0.15, 0.2) is 24.3 Å². The Hall–Kier alpha value is -0.970. The molecule has 126 valence electrons. The number of nitrogens with zero attached hydrogens (tertiary/aromatic N) is 2. The number of halogens is 2. The summed E-state index contributed by atoms with van der Waals surface area (Å²) in [6.45, 7) is 7.84. The van der Waals surface area contributed by atoms with Crippen molar-refractivity contribution >= 4 is 36.4 Å². The third kappa shape index (κ3) is 5.04. The van der Waals surface area contributed by atoms with E-state index in [0.717, 1.165) is 43.9 Å². The number of carbonyl (C=O) groups is 1. The zero-order valence-electron chi connectivity index (χ0n) is 13.5. The van der Waals surface area contributed by atoms with Gasteiger partial charge in [0.25, 0.3) is 5.91 Å². The number of hydrogen-bond acceptors (Lipinski definition) is 3. The average Bonchev–Trinajstić information content (AvgIpc) is 2.47. The minimum absolute atomic E-state index is 0. The Bertz CT molecular complexity index is 453. The first-order chi connectivity index (χ1) is 9.63. The molecule has 22 heavy (non-hydrogen) atoms. The van der Waals surface area contributed by atoms with Gasteiger partial charge < -0.3 is 15.1 Å². The molecule has 1 saturated heterocycles. The SMILES string of the molecule is CCCN(C)c1ccc(C(=O)N2CCNC[C@H]2C)cc1.Cl.Cl. The predicted octanol–water partition coefficient (Wildman–Crippen LogP) is 2.81. The van der Waals surface area contributed by atoms with Gasteiger partial charge in [-0.3, -0.25) is 4.79 Å². The van der Waals surface area contributed by atoms with Crippen molar-refractivity contribution < 1.29 is 4.79 Å². The van der Waals surface area contributed by atoms with Gasteiger partial charge in [-0.05, 0) is 37.6 Å². The van der Waals surface area contributed by atoms with Crippen LogP contribution in [0, 0.1) is 0 Å². The molecule has 1 amide bonds. The molecule has 6 heteroatoms. The zero-order valence-corrected chi connectivity index (χ0v) is 15.2. The minimum atomic E-state index is 0. The molecule has 1 aliphatic rings. The molecule has 1 atom stereocenters. The van der Waals surface area contributed by atoms with Gasteiger partial charge in [0, 0.05) is 50.5 Å². The van der Waals surface area contributed by atoms with E-state index in [2.05, 4.69) is 31.1 Å². The predicted molar refractivity (Wildman–Crippen MR) is 97.9 cm³/mol. The maximum atomic E-state index is 12.5. The summed E-state index contributed by atoms with van der Waals surface area (Å²) in [4.78, 5) is 16.7. The fourth-order valence-electron chi connectivity index (χ4n) is 2.63. The van der Waals surface area contributed by atoms with E-state index in [1.165, 1.54) is 0 Å². The Balaban J connectivity index is 0.00000220. The molecule has 0 radical (unpaired) electrons. The lowest BCUT2D eigenvalue weighted by Crippen LogP contribution is -2.52. The molecular formula is C16H27Cl2N3O. The Kier molecular flexibility index (Phi) is 9.49. The Morgan fingerprint density at radius 3 is 2.50 bits per heavy atom. The monoisotopic (exact) mass is 347 g/mol. The first kappa shape index (κ1) is 21.0. The highest BCUT2D eigenvalue weighted by atomic mass is 35.5. The van der Waals surface area contributed by atoms with Crippen LogP contribution in [0.5, 0.6) is 0 Å². The van der Waals surface area contributed by atoms with Gasteiger partial charge in [-0.15, -0.1) is 24.8 Å². The topological polar surface area (TPSA) is 35.6 Å². The minimum Gasteiger partial charge on any atom is -0.375 e. The molecule has 0 aliphatic carbocycles. The van der Waals surface area contributed by atoms with Crippen molar-refractivity contribution in [3.05, 3.63) is 29.8 Å². The second-order valence-electron chi connectivity index (χ2n) is 5.52. The molecule has 1 aromatic carbocycles. The second-order valence-corrected chi connectivity index (χ2v) is 5.52. The maximum Gasteiger partial charge on any atom is 0.254 e. The summed E-state index contributed by atoms with van der Waals surface area (Å²) in [5.74, 6) is 0.142. The van der Waals surface area contributed by atoms with E-state index in [1.54, 1.807) is 0 Å². The quantitative estimate of drug-likeness (QED) is 0.909. The Labute approximate surface area is 146 Å². The molecule has 1 aromatic rings. The van der Waals surface area contributed by atoms with Crippen LogP contribution in [0.2, 0.25) is 0 Å². The highest BCUT2D eigenvalue weighted by Crippen LogP contribution is 2.16. The van der Waals surface area contributed by atoms with Crippen molar-refractivity contribution in [1.29, 1.82) is 0 Å². The summed E-state index contributed by atoms with van der Waals surface area (Å²) in [5, 5.41) is 3.31. The van der Waals surface area contributed by atoms with E-state index in [0.29, 0.717) is 0 Å². The smallest absolute Gasteiger partial charge is 0.254 e. The molecule has 2 rings (SSSR count). The first-order valence-electron chi connectivity index (χ1n) is 7.46. The maximum absolute atomic E-state index is 12.5. The number of piperazine rings is 1. The van der Waals surface area contributed by atoms with Gasteiger partial charge >= 0.3 is 0 Å². The van der Waals surface area contributed by atoms with Crippen molar-refractivity contribution in [3.8, 4) is 0 Å². The van der Waals surface area contributed by atoms with E-state index < -0.39 is 0 Å². The standard InChI is InChI=1S/C16H25N3O.2ClH/c1-4-10-18(3)15-7-5-14(6-8-15)16(20)19-11-9-17-12-13(19)2;;/h5-8,13,17H,4,9-12H2,1-3H3;2*1H/t13-;;/m1../s1. The van der Waals surface area contributed by atoms with Crippen molar-refractivity contribution in [2.45, 2.75) is 26.3 Å². The van der Waals surface area contributed by atoms with Crippen LogP contribution in [0.3, 0.4) is 0 Å². The summed E-state index contributed by atoms with van der Waals surface area (Å²) < 4.78 is 0. The van der Waals surface area contributed by atoms with E-state index in [1.807, 2.05) is 29.2 Å². The van der Waals surface area contributed by atoms with Gasteiger partial charge in [-0.2, -0.15) is 0 Å². The molecule has 1 N–H and O–H groups in total. The molecule has 0 saturated carbocycles. The number of amides is 1. The first-order valence-corrected chi connectivity index (χ1v) is 7.46. The highest BCUT2D eigenvalue weighted by molar-refractivity contribution is 5.94. The summed E-state index contributed by atoms with van der Waals surface area (Å²) in [7, 11) is 2.08. The molecule has 4 nitrogen and oxygen atoms in total. The third-order valence-corrected chi connectivity index (χ3v) is 3.88. The fraction of sp³-hybridized carbons (Fsp3) is 0.562. The zero-order chi connectivity index (χ0) is 14.5. The molecule has 0 aromatic heterocycles. The lowest BCUT2D eigenvalue weighted by molar-refractivity contribution is 0.0656. The lowest BCUT2D eigenvalue weighted by Gasteiger charge is -2.34. The summed E-state index contributed by atoms with van der Waals surface area (Å²) >= 11 is 0. The number of anilines is 1. The van der Waals surface area contributed by atoms with Gasteiger partial charge in [-0.25, -0.2) is 0 Å². The van der Waals surface area contributed by atoms with E-state index in [9.17, 15) is 4.79 Å². The normalized spacial score (nSPS) is 17.2. The molecule has 1 fully saturated rings. The molecule has 0 unspecified atom stereocenters. The molecule has 1 aliphatic heterocycles. The van der Waals surface area contributed by atoms with Crippen LogP contribution in [-0.2, 0) is 0 Å². The van der Waals surface area contributed by atoms with Crippen molar-refractivity contribution in [2.24, 2.45) is 0 Å². The lowest BCUT2D eigenvalue weighted by atomic mass is 10.1. The van der Waals surface area contributed by atoms with Crippen LogP contribution in [0.1, 0.15) is 30.6 Å². The van der Waals surface area contributed by atoms with Gasteiger partial charge in [0.1, 0.15) is 0 Å². The van der Waals surface area contributed by atoms with Crippen LogP contribution in [0.4, 0.5) is 5.69 Å². The Morgan fingerprint density at radius 1 is 1.32 bits per heavy atom. The van der Waals surface area contributed by atoms with Crippen LogP contribution in [0.25, 0.3) is 0 Å². The van der Waals surface area contributed by atoms with Crippen molar-refractivity contribution in [1.82, 2.24) is 10.2 Å².